The monoisotopic (exact) mass is 279 g/mol. The summed E-state index contributed by atoms with van der Waals surface area (Å²) in [6, 6.07) is 8.79. The second-order valence-electron chi connectivity index (χ2n) is 4.20. The van der Waals surface area contributed by atoms with E-state index in [1.165, 1.54) is 4.90 Å². The molecule has 1 aromatic heterocycles. The van der Waals surface area contributed by atoms with E-state index in [0.29, 0.717) is 23.1 Å². The summed E-state index contributed by atoms with van der Waals surface area (Å²) in [5.41, 5.74) is 0.887. The highest BCUT2D eigenvalue weighted by atomic mass is 35.5. The molecule has 0 aliphatic heterocycles. The first-order valence-electron chi connectivity index (χ1n) is 5.75. The van der Waals surface area contributed by atoms with Crippen LogP contribution in [0.3, 0.4) is 0 Å². The minimum Gasteiger partial charge on any atom is -0.360 e. The highest BCUT2D eigenvalue weighted by Gasteiger charge is 2.12. The lowest BCUT2D eigenvalue weighted by molar-refractivity contribution is 0.220. The fourth-order valence-electron chi connectivity index (χ4n) is 1.58. The number of nitrogens with zero attached hydrogens (tertiary/aromatic N) is 2. The zero-order valence-corrected chi connectivity index (χ0v) is 11.4. The van der Waals surface area contributed by atoms with Crippen LogP contribution in [0.4, 0.5) is 10.6 Å². The molecular weight excluding hydrogens is 266 g/mol. The fourth-order valence-corrected chi connectivity index (χ4v) is 1.78. The van der Waals surface area contributed by atoms with Crippen LogP contribution in [0.15, 0.2) is 34.9 Å². The standard InChI is InChI=1S/C13H14ClN3O2/c1-9-7-12(16-19-9)15-13(18)17(2)8-10-5-3-4-6-11(10)14/h3-7H,8H2,1-2H3,(H,15,16,18). The Balaban J connectivity index is 1.98. The minimum atomic E-state index is -0.270. The van der Waals surface area contributed by atoms with Crippen LogP contribution in [0.1, 0.15) is 11.3 Å². The van der Waals surface area contributed by atoms with Crippen LogP contribution in [0, 0.1) is 6.92 Å². The van der Waals surface area contributed by atoms with Crippen molar-refractivity contribution >= 4 is 23.4 Å². The van der Waals surface area contributed by atoms with E-state index in [4.69, 9.17) is 16.1 Å². The zero-order valence-electron chi connectivity index (χ0n) is 10.7. The Labute approximate surface area is 116 Å². The molecule has 0 unspecified atom stereocenters. The molecule has 1 aromatic carbocycles. The number of carbonyl (C=O) groups is 1. The number of rotatable bonds is 3. The Morgan fingerprint density at radius 2 is 2.21 bits per heavy atom. The van der Waals surface area contributed by atoms with E-state index in [9.17, 15) is 4.79 Å². The number of hydrogen-bond acceptors (Lipinski definition) is 3. The topological polar surface area (TPSA) is 58.4 Å². The second-order valence-corrected chi connectivity index (χ2v) is 4.61. The smallest absolute Gasteiger partial charge is 0.323 e. The van der Waals surface area contributed by atoms with E-state index in [1.807, 2.05) is 18.2 Å². The number of amides is 2. The Kier molecular flexibility index (Phi) is 4.06. The van der Waals surface area contributed by atoms with Gasteiger partial charge in [0.15, 0.2) is 5.82 Å². The molecule has 0 bridgehead atoms. The maximum Gasteiger partial charge on any atom is 0.323 e. The molecule has 1 N–H and O–H groups in total. The van der Waals surface area contributed by atoms with Gasteiger partial charge in [-0.1, -0.05) is 35.0 Å². The summed E-state index contributed by atoms with van der Waals surface area (Å²) in [5, 5.41) is 6.98. The summed E-state index contributed by atoms with van der Waals surface area (Å²) in [4.78, 5) is 13.4. The molecule has 1 heterocycles. The Morgan fingerprint density at radius 1 is 1.47 bits per heavy atom. The number of nitrogens with one attached hydrogen (secondary N) is 1. The third-order valence-electron chi connectivity index (χ3n) is 2.58. The van der Waals surface area contributed by atoms with Crippen molar-refractivity contribution < 1.29 is 9.32 Å². The van der Waals surface area contributed by atoms with Gasteiger partial charge in [-0.25, -0.2) is 4.79 Å². The first-order chi connectivity index (χ1) is 9.06. The van der Waals surface area contributed by atoms with Gasteiger partial charge in [0.2, 0.25) is 0 Å². The first-order valence-corrected chi connectivity index (χ1v) is 6.13. The number of aromatic nitrogens is 1. The van der Waals surface area contributed by atoms with Gasteiger partial charge >= 0.3 is 6.03 Å². The molecule has 0 aliphatic rings. The maximum absolute atomic E-state index is 11.9. The SMILES string of the molecule is Cc1cc(NC(=O)N(C)Cc2ccccc2Cl)no1. The lowest BCUT2D eigenvalue weighted by Crippen LogP contribution is -2.31. The van der Waals surface area contributed by atoms with Crippen LogP contribution in [-0.4, -0.2) is 23.1 Å². The number of urea groups is 1. The van der Waals surface area contributed by atoms with Crippen molar-refractivity contribution in [1.82, 2.24) is 10.1 Å². The van der Waals surface area contributed by atoms with Gasteiger partial charge in [-0.15, -0.1) is 0 Å². The second kappa shape index (κ2) is 5.75. The number of aryl methyl sites for hydroxylation is 1. The van der Waals surface area contributed by atoms with Crippen LogP contribution in [0.2, 0.25) is 5.02 Å². The average Bonchev–Trinajstić information content (AvgIpc) is 2.77. The number of carbonyl (C=O) groups excluding carboxylic acids is 1. The predicted molar refractivity (Wildman–Crippen MR) is 73.2 cm³/mol. The molecule has 100 valence electrons. The van der Waals surface area contributed by atoms with Gasteiger partial charge < -0.3 is 9.42 Å². The Bertz CT molecular complexity index is 583. The van der Waals surface area contributed by atoms with E-state index in [-0.39, 0.29) is 6.03 Å². The molecule has 2 amide bonds. The van der Waals surface area contributed by atoms with E-state index in [2.05, 4.69) is 10.5 Å². The highest BCUT2D eigenvalue weighted by Crippen LogP contribution is 2.17. The van der Waals surface area contributed by atoms with Crippen molar-refractivity contribution in [2.24, 2.45) is 0 Å². The summed E-state index contributed by atoms with van der Waals surface area (Å²) in [5.74, 6) is 1.04. The van der Waals surface area contributed by atoms with Gasteiger partial charge in [-0.05, 0) is 18.6 Å². The molecule has 0 saturated carbocycles. The molecule has 2 rings (SSSR count). The van der Waals surface area contributed by atoms with Crippen LogP contribution in [0.25, 0.3) is 0 Å². The lowest BCUT2D eigenvalue weighted by atomic mass is 10.2. The fraction of sp³-hybridized carbons (Fsp3) is 0.231. The molecule has 0 aliphatic carbocycles. The first kappa shape index (κ1) is 13.4. The van der Waals surface area contributed by atoms with E-state index in [1.54, 1.807) is 26.1 Å². The van der Waals surface area contributed by atoms with Crippen LogP contribution >= 0.6 is 11.6 Å². The minimum absolute atomic E-state index is 0.270. The number of anilines is 1. The maximum atomic E-state index is 11.9. The van der Waals surface area contributed by atoms with Gasteiger partial charge in [0.05, 0.1) is 0 Å². The molecule has 0 saturated heterocycles. The van der Waals surface area contributed by atoms with Crippen molar-refractivity contribution in [1.29, 1.82) is 0 Å². The average molecular weight is 280 g/mol. The van der Waals surface area contributed by atoms with E-state index in [0.717, 1.165) is 5.56 Å². The van der Waals surface area contributed by atoms with Crippen molar-refractivity contribution in [2.45, 2.75) is 13.5 Å². The molecule has 0 fully saturated rings. The lowest BCUT2D eigenvalue weighted by Gasteiger charge is -2.17. The van der Waals surface area contributed by atoms with Crippen LogP contribution in [0.5, 0.6) is 0 Å². The molecule has 0 radical (unpaired) electrons. The van der Waals surface area contributed by atoms with Crippen molar-refractivity contribution in [3.63, 3.8) is 0 Å². The number of benzene rings is 1. The predicted octanol–water partition coefficient (Wildman–Crippen LogP) is 3.30. The van der Waals surface area contributed by atoms with Crippen molar-refractivity contribution in [2.75, 3.05) is 12.4 Å². The Morgan fingerprint density at radius 3 is 2.84 bits per heavy atom. The molecular formula is C13H14ClN3O2. The van der Waals surface area contributed by atoms with E-state index < -0.39 is 0 Å². The van der Waals surface area contributed by atoms with Crippen LogP contribution < -0.4 is 5.32 Å². The van der Waals surface area contributed by atoms with Gasteiger partial charge in [-0.2, -0.15) is 0 Å². The highest BCUT2D eigenvalue weighted by molar-refractivity contribution is 6.31. The molecule has 5 nitrogen and oxygen atoms in total. The zero-order chi connectivity index (χ0) is 13.8. The van der Waals surface area contributed by atoms with E-state index >= 15 is 0 Å². The number of hydrogen-bond donors (Lipinski definition) is 1. The molecule has 2 aromatic rings. The Hall–Kier alpha value is -2.01. The normalized spacial score (nSPS) is 10.3. The third kappa shape index (κ3) is 3.48. The summed E-state index contributed by atoms with van der Waals surface area (Å²) in [7, 11) is 1.69. The quantitative estimate of drug-likeness (QED) is 0.938. The molecule has 0 spiro atoms. The van der Waals surface area contributed by atoms with Crippen LogP contribution in [-0.2, 0) is 6.54 Å². The van der Waals surface area contributed by atoms with Gasteiger partial charge in [0.25, 0.3) is 0 Å². The summed E-state index contributed by atoms with van der Waals surface area (Å²) >= 11 is 6.05. The summed E-state index contributed by atoms with van der Waals surface area (Å²) < 4.78 is 4.88. The molecule has 19 heavy (non-hydrogen) atoms. The third-order valence-corrected chi connectivity index (χ3v) is 2.94. The van der Waals surface area contributed by atoms with Crippen molar-refractivity contribution in [3.8, 4) is 0 Å². The number of halogens is 1. The summed E-state index contributed by atoms with van der Waals surface area (Å²) in [6.07, 6.45) is 0. The molecule has 0 atom stereocenters. The van der Waals surface area contributed by atoms with Gasteiger partial charge in [0, 0.05) is 24.7 Å². The van der Waals surface area contributed by atoms with Gasteiger partial charge in [0.1, 0.15) is 5.76 Å². The van der Waals surface area contributed by atoms with Crippen molar-refractivity contribution in [3.05, 3.63) is 46.7 Å². The molecule has 6 heteroatoms. The van der Waals surface area contributed by atoms with Gasteiger partial charge in [-0.3, -0.25) is 5.32 Å². The summed E-state index contributed by atoms with van der Waals surface area (Å²) in [6.45, 7) is 2.18. The largest absolute Gasteiger partial charge is 0.360 e.